The molecule has 0 amide bonds. The van der Waals surface area contributed by atoms with Crippen LogP contribution in [-0.2, 0) is 30.1 Å². The second-order valence-corrected chi connectivity index (χ2v) is 17.9. The van der Waals surface area contributed by atoms with Crippen LogP contribution in [0.4, 0.5) is 28.4 Å². The van der Waals surface area contributed by atoms with Crippen molar-refractivity contribution in [1.82, 2.24) is 0 Å². The summed E-state index contributed by atoms with van der Waals surface area (Å²) < 4.78 is 0. The van der Waals surface area contributed by atoms with Gasteiger partial charge in [-0.25, -0.2) is 0 Å². The topological polar surface area (TPSA) is 6.48 Å². The van der Waals surface area contributed by atoms with Gasteiger partial charge in [0.15, 0.2) is 0 Å². The number of anilines is 5. The molecule has 0 saturated heterocycles. The van der Waals surface area contributed by atoms with Gasteiger partial charge in [-0.05, 0) is 135 Å². The van der Waals surface area contributed by atoms with Crippen molar-refractivity contribution in [1.29, 1.82) is 0 Å². The van der Waals surface area contributed by atoms with E-state index in [4.69, 9.17) is 0 Å². The Morgan fingerprint density at radius 2 is 1.21 bits per heavy atom. The van der Waals surface area contributed by atoms with E-state index in [0.717, 1.165) is 25.7 Å². The normalized spacial score (nSPS) is 17.4. The Labute approximate surface area is 310 Å². The highest BCUT2D eigenvalue weighted by Crippen LogP contribution is 2.49. The second-order valence-electron chi connectivity index (χ2n) is 17.9. The zero-order chi connectivity index (χ0) is 35.5. The first-order chi connectivity index (χ1) is 25.1. The SMILES string of the molecule is CC(C)(C)c1ccc2c(c1)B1c3ccc(C(C)(C)C)cc3N(c3ccc4c5c(cccc35)CCC4)c3cccc(c31)N2C1CCCc2ccccc21. The molecule has 258 valence electrons. The summed E-state index contributed by atoms with van der Waals surface area (Å²) in [6, 6.07) is 43.5. The molecule has 0 bridgehead atoms. The van der Waals surface area contributed by atoms with Gasteiger partial charge < -0.3 is 9.80 Å². The fourth-order valence-corrected chi connectivity index (χ4v) is 10.1. The molecule has 0 aromatic heterocycles. The molecule has 0 radical (unpaired) electrons. The molecule has 2 aliphatic heterocycles. The van der Waals surface area contributed by atoms with E-state index in [0.29, 0.717) is 0 Å². The van der Waals surface area contributed by atoms with E-state index in [-0.39, 0.29) is 23.6 Å². The van der Waals surface area contributed by atoms with E-state index in [1.54, 1.807) is 0 Å². The van der Waals surface area contributed by atoms with Crippen LogP contribution < -0.4 is 26.2 Å². The van der Waals surface area contributed by atoms with Gasteiger partial charge in [0.25, 0.3) is 6.71 Å². The molecule has 3 heteroatoms. The van der Waals surface area contributed by atoms with Gasteiger partial charge >= 0.3 is 0 Å². The molecule has 0 N–H and O–H groups in total. The lowest BCUT2D eigenvalue weighted by atomic mass is 9.33. The predicted octanol–water partition coefficient (Wildman–Crippen LogP) is 10.8. The maximum Gasteiger partial charge on any atom is 0.252 e. The van der Waals surface area contributed by atoms with E-state index in [1.165, 1.54) is 102 Å². The van der Waals surface area contributed by atoms with Crippen molar-refractivity contribution in [3.63, 3.8) is 0 Å². The summed E-state index contributed by atoms with van der Waals surface area (Å²) in [7, 11) is 0. The Hall–Kier alpha value is -4.76. The van der Waals surface area contributed by atoms with Crippen LogP contribution in [0.15, 0.2) is 109 Å². The number of nitrogens with zero attached hydrogens (tertiary/aromatic N) is 2. The minimum Gasteiger partial charge on any atom is -0.335 e. The van der Waals surface area contributed by atoms with Gasteiger partial charge in [0.1, 0.15) is 0 Å². The number of aryl methyl sites for hydroxylation is 3. The van der Waals surface area contributed by atoms with Crippen LogP contribution in [0.25, 0.3) is 10.8 Å². The molecule has 10 rings (SSSR count). The highest BCUT2D eigenvalue weighted by atomic mass is 15.2. The molecule has 2 aliphatic carbocycles. The van der Waals surface area contributed by atoms with Crippen molar-refractivity contribution < 1.29 is 0 Å². The molecule has 0 saturated carbocycles. The number of fused-ring (bicyclic) bond motifs is 5. The van der Waals surface area contributed by atoms with Crippen LogP contribution in [0.5, 0.6) is 0 Å². The van der Waals surface area contributed by atoms with E-state index in [9.17, 15) is 0 Å². The van der Waals surface area contributed by atoms with Crippen molar-refractivity contribution >= 4 is 62.3 Å². The minimum absolute atomic E-state index is 0.0256. The van der Waals surface area contributed by atoms with Crippen LogP contribution in [0.2, 0.25) is 0 Å². The molecule has 1 atom stereocenters. The standard InChI is InChI=1S/C49H49BN2/c1-48(2,3)34-25-28-42-39(29-34)50-38-26-24-35(49(4,5)6)30-45(38)52(41-27-23-33-16-9-15-32-17-10-19-37(41)46(32)33)44-22-12-21-43(47(44)50)51(42)40-20-11-14-31-13-7-8-18-36(31)40/h7-8,10,12-13,17-19,21-30,40H,9,11,14-16,20H2,1-6H3. The minimum atomic E-state index is 0.0256. The first-order valence-corrected chi connectivity index (χ1v) is 19.7. The number of rotatable bonds is 2. The molecule has 1 unspecified atom stereocenters. The van der Waals surface area contributed by atoms with Gasteiger partial charge in [-0.15, -0.1) is 0 Å². The highest BCUT2D eigenvalue weighted by Gasteiger charge is 2.45. The highest BCUT2D eigenvalue weighted by molar-refractivity contribution is 7.00. The Bertz CT molecular complexity index is 2410. The Kier molecular flexibility index (Phi) is 6.98. The molecular weight excluding hydrogens is 627 g/mol. The van der Waals surface area contributed by atoms with Gasteiger partial charge in [-0.3, -0.25) is 0 Å². The zero-order valence-electron chi connectivity index (χ0n) is 31.7. The van der Waals surface area contributed by atoms with Crippen molar-refractivity contribution in [2.24, 2.45) is 0 Å². The van der Waals surface area contributed by atoms with Crippen LogP contribution in [0, 0.1) is 0 Å². The maximum atomic E-state index is 2.75. The van der Waals surface area contributed by atoms with Crippen LogP contribution in [0.1, 0.15) is 100 Å². The maximum absolute atomic E-state index is 2.75. The van der Waals surface area contributed by atoms with E-state index < -0.39 is 0 Å². The van der Waals surface area contributed by atoms with Gasteiger partial charge in [-0.1, -0.05) is 120 Å². The lowest BCUT2D eigenvalue weighted by Gasteiger charge is -2.48. The van der Waals surface area contributed by atoms with Crippen LogP contribution >= 0.6 is 0 Å². The van der Waals surface area contributed by atoms with Crippen LogP contribution in [-0.4, -0.2) is 6.71 Å². The monoisotopic (exact) mass is 676 g/mol. The van der Waals surface area contributed by atoms with Crippen molar-refractivity contribution in [3.8, 4) is 0 Å². The molecule has 6 aromatic rings. The third kappa shape index (κ3) is 4.70. The average Bonchev–Trinajstić information content (AvgIpc) is 3.14. The quantitative estimate of drug-likeness (QED) is 0.168. The summed E-state index contributed by atoms with van der Waals surface area (Å²) in [5, 5.41) is 2.86. The van der Waals surface area contributed by atoms with E-state index in [2.05, 4.69) is 161 Å². The molecule has 6 aromatic carbocycles. The van der Waals surface area contributed by atoms with Crippen molar-refractivity contribution in [2.75, 3.05) is 9.80 Å². The molecular formula is C49H49BN2. The lowest BCUT2D eigenvalue weighted by Crippen LogP contribution is -2.62. The Balaban J connectivity index is 1.30. The summed E-state index contributed by atoms with van der Waals surface area (Å²) in [5.74, 6) is 0. The third-order valence-corrected chi connectivity index (χ3v) is 12.7. The summed E-state index contributed by atoms with van der Waals surface area (Å²) in [4.78, 5) is 5.41. The zero-order valence-corrected chi connectivity index (χ0v) is 31.7. The Morgan fingerprint density at radius 1 is 0.538 bits per heavy atom. The lowest BCUT2D eigenvalue weighted by molar-refractivity contribution is 0.559. The fraction of sp³-hybridized carbons (Fsp3) is 0.306. The number of hydrogen-bond donors (Lipinski definition) is 0. The van der Waals surface area contributed by atoms with Crippen LogP contribution in [0.3, 0.4) is 0 Å². The summed E-state index contributed by atoms with van der Waals surface area (Å²) >= 11 is 0. The van der Waals surface area contributed by atoms with Gasteiger partial charge in [0.05, 0.1) is 11.7 Å². The van der Waals surface area contributed by atoms with E-state index in [1.807, 2.05) is 0 Å². The third-order valence-electron chi connectivity index (χ3n) is 12.7. The largest absolute Gasteiger partial charge is 0.335 e. The summed E-state index contributed by atoms with van der Waals surface area (Å²) in [5.41, 5.74) is 19.8. The predicted molar refractivity (Wildman–Crippen MR) is 223 cm³/mol. The van der Waals surface area contributed by atoms with Gasteiger partial charge in [0.2, 0.25) is 0 Å². The molecule has 0 fully saturated rings. The number of benzene rings is 6. The van der Waals surface area contributed by atoms with Gasteiger partial charge in [0, 0.05) is 28.1 Å². The molecule has 0 spiro atoms. The fourth-order valence-electron chi connectivity index (χ4n) is 10.1. The molecule has 2 heterocycles. The molecule has 2 nitrogen and oxygen atoms in total. The van der Waals surface area contributed by atoms with Gasteiger partial charge in [-0.2, -0.15) is 0 Å². The van der Waals surface area contributed by atoms with Crippen molar-refractivity contribution in [3.05, 3.63) is 143 Å². The first-order valence-electron chi connectivity index (χ1n) is 19.7. The number of hydrogen-bond acceptors (Lipinski definition) is 2. The first kappa shape index (κ1) is 31.9. The molecule has 52 heavy (non-hydrogen) atoms. The van der Waals surface area contributed by atoms with Crippen molar-refractivity contribution in [2.45, 2.75) is 96.9 Å². The summed E-state index contributed by atoms with van der Waals surface area (Å²) in [6.45, 7) is 14.3. The molecule has 4 aliphatic rings. The van der Waals surface area contributed by atoms with E-state index >= 15 is 0 Å². The second kappa shape index (κ2) is 11.4. The summed E-state index contributed by atoms with van der Waals surface area (Å²) in [6.07, 6.45) is 7.07. The average molecular weight is 677 g/mol. The smallest absolute Gasteiger partial charge is 0.252 e. The Morgan fingerprint density at radius 3 is 2.04 bits per heavy atom.